The van der Waals surface area contributed by atoms with E-state index < -0.39 is 0 Å². The molecule has 0 spiro atoms. The summed E-state index contributed by atoms with van der Waals surface area (Å²) >= 11 is 0. The summed E-state index contributed by atoms with van der Waals surface area (Å²) in [7, 11) is 0. The number of nitrogens with zero attached hydrogens (tertiary/aromatic N) is 4. The highest BCUT2D eigenvalue weighted by atomic mass is 16.3. The van der Waals surface area contributed by atoms with Crippen molar-refractivity contribution in [3.8, 4) is 0 Å². The van der Waals surface area contributed by atoms with Crippen molar-refractivity contribution in [1.82, 2.24) is 19.7 Å². The zero-order valence-corrected chi connectivity index (χ0v) is 14.8. The summed E-state index contributed by atoms with van der Waals surface area (Å²) in [6.07, 6.45) is 5.85. The Morgan fingerprint density at radius 3 is 2.72 bits per heavy atom. The molecule has 0 amide bonds. The largest absolute Gasteiger partial charge is 0.504 e. The van der Waals surface area contributed by atoms with Crippen LogP contribution in [0, 0.1) is 0 Å². The predicted molar refractivity (Wildman–Crippen MR) is 99.5 cm³/mol. The molecule has 5 heteroatoms. The standard InChI is InChI=1S/C20H24N4O/c1-15(2)24-13-20(25)19-12-22(7-8-23(19)14-24)11-18-9-16-5-3-4-6-17(16)10-21-18/h3-6,9-10,12-13,15,25H,7-8,11,14H2,1-2H3. The van der Waals surface area contributed by atoms with E-state index in [1.165, 1.54) is 5.39 Å². The lowest BCUT2D eigenvalue weighted by atomic mass is 10.1. The maximum absolute atomic E-state index is 10.4. The fourth-order valence-electron chi connectivity index (χ4n) is 3.39. The average Bonchev–Trinajstić information content (AvgIpc) is 2.62. The summed E-state index contributed by atoms with van der Waals surface area (Å²) in [6, 6.07) is 10.8. The van der Waals surface area contributed by atoms with Gasteiger partial charge in [-0.2, -0.15) is 0 Å². The molecule has 5 nitrogen and oxygen atoms in total. The van der Waals surface area contributed by atoms with E-state index in [1.807, 2.05) is 18.5 Å². The molecule has 2 aromatic rings. The number of hydrogen-bond acceptors (Lipinski definition) is 5. The molecule has 0 atom stereocenters. The first-order valence-electron chi connectivity index (χ1n) is 8.81. The van der Waals surface area contributed by atoms with Crippen molar-refractivity contribution in [2.24, 2.45) is 0 Å². The number of pyridine rings is 1. The molecule has 0 bridgehead atoms. The van der Waals surface area contributed by atoms with Crippen molar-refractivity contribution >= 4 is 10.8 Å². The average molecular weight is 336 g/mol. The van der Waals surface area contributed by atoms with Crippen LogP contribution in [0.1, 0.15) is 19.5 Å². The van der Waals surface area contributed by atoms with E-state index >= 15 is 0 Å². The van der Waals surface area contributed by atoms with Gasteiger partial charge in [0, 0.05) is 43.1 Å². The summed E-state index contributed by atoms with van der Waals surface area (Å²) < 4.78 is 0. The van der Waals surface area contributed by atoms with Crippen molar-refractivity contribution in [3.63, 3.8) is 0 Å². The molecule has 2 aliphatic heterocycles. The maximum Gasteiger partial charge on any atom is 0.156 e. The molecule has 1 aromatic heterocycles. The highest BCUT2D eigenvalue weighted by molar-refractivity contribution is 5.81. The molecule has 4 rings (SSSR count). The van der Waals surface area contributed by atoms with Gasteiger partial charge < -0.3 is 19.8 Å². The molecule has 3 heterocycles. The Balaban J connectivity index is 1.55. The Hall–Kier alpha value is -2.69. The number of hydrogen-bond donors (Lipinski definition) is 1. The fraction of sp³-hybridized carbons (Fsp3) is 0.350. The van der Waals surface area contributed by atoms with Crippen LogP contribution in [0.15, 0.2) is 60.4 Å². The second-order valence-electron chi connectivity index (χ2n) is 7.03. The molecule has 25 heavy (non-hydrogen) atoms. The Bertz CT molecular complexity index is 842. The van der Waals surface area contributed by atoms with Crippen LogP contribution in [0.4, 0.5) is 0 Å². The van der Waals surface area contributed by atoms with Gasteiger partial charge in [-0.15, -0.1) is 0 Å². The van der Waals surface area contributed by atoms with E-state index in [4.69, 9.17) is 0 Å². The molecule has 0 radical (unpaired) electrons. The van der Waals surface area contributed by atoms with Gasteiger partial charge in [0.2, 0.25) is 0 Å². The van der Waals surface area contributed by atoms with Gasteiger partial charge >= 0.3 is 0 Å². The topological polar surface area (TPSA) is 42.8 Å². The minimum atomic E-state index is 0.344. The van der Waals surface area contributed by atoms with Crippen molar-refractivity contribution in [1.29, 1.82) is 0 Å². The van der Waals surface area contributed by atoms with Crippen LogP contribution in [0.5, 0.6) is 0 Å². The molecule has 2 aliphatic rings. The van der Waals surface area contributed by atoms with Crippen LogP contribution >= 0.6 is 0 Å². The van der Waals surface area contributed by atoms with E-state index in [-0.39, 0.29) is 0 Å². The molecule has 0 unspecified atom stereocenters. The number of aliphatic hydroxyl groups excluding tert-OH is 1. The van der Waals surface area contributed by atoms with E-state index in [9.17, 15) is 5.11 Å². The molecule has 0 fully saturated rings. The summed E-state index contributed by atoms with van der Waals surface area (Å²) in [5.41, 5.74) is 1.95. The van der Waals surface area contributed by atoms with Gasteiger partial charge in [0.25, 0.3) is 0 Å². The predicted octanol–water partition coefficient (Wildman–Crippen LogP) is 3.27. The second-order valence-corrected chi connectivity index (χ2v) is 7.03. The number of rotatable bonds is 3. The zero-order valence-electron chi connectivity index (χ0n) is 14.8. The van der Waals surface area contributed by atoms with Gasteiger partial charge in [-0.1, -0.05) is 24.3 Å². The molecule has 130 valence electrons. The van der Waals surface area contributed by atoms with Crippen LogP contribution in [0.25, 0.3) is 10.8 Å². The van der Waals surface area contributed by atoms with Gasteiger partial charge in [0.1, 0.15) is 0 Å². The third kappa shape index (κ3) is 3.14. The number of fused-ring (bicyclic) bond motifs is 2. The lowest BCUT2D eigenvalue weighted by Gasteiger charge is -2.43. The Morgan fingerprint density at radius 2 is 1.92 bits per heavy atom. The summed E-state index contributed by atoms with van der Waals surface area (Å²) in [6.45, 7) is 7.69. The monoisotopic (exact) mass is 336 g/mol. The number of aliphatic hydroxyl groups is 1. The molecule has 1 N–H and O–H groups in total. The lowest BCUT2D eigenvalue weighted by molar-refractivity contribution is 0.119. The zero-order chi connectivity index (χ0) is 17.4. The fourth-order valence-corrected chi connectivity index (χ4v) is 3.39. The van der Waals surface area contributed by atoms with Crippen molar-refractivity contribution < 1.29 is 5.11 Å². The van der Waals surface area contributed by atoms with Crippen molar-refractivity contribution in [2.75, 3.05) is 19.8 Å². The van der Waals surface area contributed by atoms with Gasteiger partial charge in [0.15, 0.2) is 5.76 Å². The van der Waals surface area contributed by atoms with Gasteiger partial charge in [0.05, 0.1) is 24.6 Å². The summed E-state index contributed by atoms with van der Waals surface area (Å²) in [5.74, 6) is 0.344. The lowest BCUT2D eigenvalue weighted by Crippen LogP contribution is -2.47. The maximum atomic E-state index is 10.4. The first-order chi connectivity index (χ1) is 12.1. The Labute approximate surface area is 148 Å². The molecular weight excluding hydrogens is 312 g/mol. The molecular formula is C20H24N4O. The quantitative estimate of drug-likeness (QED) is 0.932. The third-order valence-corrected chi connectivity index (χ3v) is 4.90. The SMILES string of the molecule is CC(C)N1C=C(O)C2=CN(Cc3cc4ccccc4cn3)CCN2C1. The van der Waals surface area contributed by atoms with Crippen molar-refractivity contribution in [3.05, 3.63) is 66.1 Å². The van der Waals surface area contributed by atoms with Crippen LogP contribution < -0.4 is 0 Å². The van der Waals surface area contributed by atoms with E-state index in [1.54, 1.807) is 0 Å². The highest BCUT2D eigenvalue weighted by Gasteiger charge is 2.27. The first-order valence-corrected chi connectivity index (χ1v) is 8.81. The van der Waals surface area contributed by atoms with Gasteiger partial charge in [-0.25, -0.2) is 0 Å². The number of benzene rings is 1. The third-order valence-electron chi connectivity index (χ3n) is 4.90. The van der Waals surface area contributed by atoms with Crippen LogP contribution in [0.3, 0.4) is 0 Å². The minimum Gasteiger partial charge on any atom is -0.504 e. The van der Waals surface area contributed by atoms with Crippen LogP contribution in [0.2, 0.25) is 0 Å². The van der Waals surface area contributed by atoms with E-state index in [2.05, 4.69) is 64.0 Å². The van der Waals surface area contributed by atoms with Crippen LogP contribution in [-0.2, 0) is 6.54 Å². The van der Waals surface area contributed by atoms with E-state index in [0.717, 1.165) is 43.1 Å². The first kappa shape index (κ1) is 15.8. The van der Waals surface area contributed by atoms with E-state index in [0.29, 0.717) is 11.8 Å². The van der Waals surface area contributed by atoms with Gasteiger partial charge in [-0.3, -0.25) is 4.98 Å². The Kier molecular flexibility index (Phi) is 3.99. The minimum absolute atomic E-state index is 0.344. The summed E-state index contributed by atoms with van der Waals surface area (Å²) in [5, 5.41) is 12.8. The smallest absolute Gasteiger partial charge is 0.156 e. The van der Waals surface area contributed by atoms with Crippen LogP contribution in [-0.4, -0.2) is 50.6 Å². The second kappa shape index (κ2) is 6.31. The highest BCUT2D eigenvalue weighted by Crippen LogP contribution is 2.25. The number of aromatic nitrogens is 1. The molecule has 1 aromatic carbocycles. The van der Waals surface area contributed by atoms with Crippen molar-refractivity contribution in [2.45, 2.75) is 26.4 Å². The molecule has 0 saturated heterocycles. The molecule has 0 aliphatic carbocycles. The Morgan fingerprint density at radius 1 is 1.12 bits per heavy atom. The normalized spacial score (nSPS) is 17.6. The summed E-state index contributed by atoms with van der Waals surface area (Å²) in [4.78, 5) is 11.2. The molecule has 0 saturated carbocycles. The van der Waals surface area contributed by atoms with Gasteiger partial charge in [-0.05, 0) is 25.3 Å².